The second-order valence-electron chi connectivity index (χ2n) is 6.52. The van der Waals surface area contributed by atoms with Crippen molar-refractivity contribution in [3.05, 3.63) is 46.0 Å². The van der Waals surface area contributed by atoms with Crippen molar-refractivity contribution in [2.45, 2.75) is 25.8 Å². The Kier molecular flexibility index (Phi) is 3.04. The number of anilines is 1. The van der Waals surface area contributed by atoms with Gasteiger partial charge in [-0.2, -0.15) is 0 Å². The molecule has 2 aromatic heterocycles. The Morgan fingerprint density at radius 2 is 2.18 bits per heavy atom. The fourth-order valence-corrected chi connectivity index (χ4v) is 3.77. The van der Waals surface area contributed by atoms with Crippen LogP contribution in [0, 0.1) is 12.8 Å². The maximum Gasteiger partial charge on any atom is 0.251 e. The molecule has 5 heteroatoms. The van der Waals surface area contributed by atoms with Crippen LogP contribution in [0.2, 0.25) is 0 Å². The molecule has 2 bridgehead atoms. The van der Waals surface area contributed by atoms with E-state index in [1.165, 1.54) is 0 Å². The molecule has 1 fully saturated rings. The van der Waals surface area contributed by atoms with Gasteiger partial charge in [0.2, 0.25) is 0 Å². The van der Waals surface area contributed by atoms with Crippen molar-refractivity contribution >= 4 is 5.82 Å². The normalized spacial score (nSPS) is 23.1. The van der Waals surface area contributed by atoms with Crippen molar-refractivity contribution in [1.82, 2.24) is 14.9 Å². The number of nitrogens with one attached hydrogen (secondary N) is 1. The third-order valence-corrected chi connectivity index (χ3v) is 4.83. The summed E-state index contributed by atoms with van der Waals surface area (Å²) < 4.78 is 1.95. The van der Waals surface area contributed by atoms with Gasteiger partial charge in [0, 0.05) is 42.5 Å². The molecule has 2 aromatic rings. The lowest BCUT2D eigenvalue weighted by atomic mass is 9.83. The van der Waals surface area contributed by atoms with E-state index < -0.39 is 0 Å². The summed E-state index contributed by atoms with van der Waals surface area (Å²) in [5, 5.41) is 3.47. The maximum atomic E-state index is 12.6. The van der Waals surface area contributed by atoms with E-state index in [0.29, 0.717) is 17.7 Å². The molecule has 4 rings (SSSR count). The fourth-order valence-electron chi connectivity index (χ4n) is 3.77. The molecule has 0 radical (unpaired) electrons. The Bertz CT molecular complexity index is 796. The van der Waals surface area contributed by atoms with Gasteiger partial charge in [0.25, 0.3) is 5.56 Å². The van der Waals surface area contributed by atoms with E-state index in [-0.39, 0.29) is 5.56 Å². The number of pyridine rings is 2. The number of fused-ring (bicyclic) bond motifs is 4. The molecule has 2 atom stereocenters. The third-order valence-electron chi connectivity index (χ3n) is 4.83. The Morgan fingerprint density at radius 1 is 1.32 bits per heavy atom. The van der Waals surface area contributed by atoms with Crippen molar-refractivity contribution in [2.24, 2.45) is 5.92 Å². The molecule has 0 aliphatic carbocycles. The van der Waals surface area contributed by atoms with Crippen molar-refractivity contribution in [1.29, 1.82) is 0 Å². The van der Waals surface area contributed by atoms with Crippen LogP contribution in [0.25, 0.3) is 11.1 Å². The Hall–Kier alpha value is -2.14. The summed E-state index contributed by atoms with van der Waals surface area (Å²) in [4.78, 5) is 16.8. The molecule has 0 saturated carbocycles. The molecule has 0 unspecified atom stereocenters. The lowest BCUT2D eigenvalue weighted by molar-refractivity contribution is 0.257. The van der Waals surface area contributed by atoms with Crippen LogP contribution in [0.5, 0.6) is 0 Å². The second kappa shape index (κ2) is 4.95. The van der Waals surface area contributed by atoms with Crippen LogP contribution in [0.15, 0.2) is 29.2 Å². The van der Waals surface area contributed by atoms with Crippen LogP contribution in [0.3, 0.4) is 0 Å². The minimum absolute atomic E-state index is 0.0741. The molecular weight excluding hydrogens is 276 g/mol. The summed E-state index contributed by atoms with van der Waals surface area (Å²) >= 11 is 0. The van der Waals surface area contributed by atoms with Gasteiger partial charge in [-0.05, 0) is 49.1 Å². The van der Waals surface area contributed by atoms with E-state index in [9.17, 15) is 4.79 Å². The average Bonchev–Trinajstić information content (AvgIpc) is 2.51. The fraction of sp³-hybridized carbons (Fsp3) is 0.412. The van der Waals surface area contributed by atoms with E-state index in [2.05, 4.69) is 16.4 Å². The van der Waals surface area contributed by atoms with Gasteiger partial charge in [0.1, 0.15) is 5.82 Å². The summed E-state index contributed by atoms with van der Waals surface area (Å²) in [5.41, 5.74) is 10.0. The van der Waals surface area contributed by atoms with Crippen LogP contribution in [-0.2, 0) is 6.54 Å². The number of nitrogens with two attached hydrogens (primary N) is 1. The van der Waals surface area contributed by atoms with Gasteiger partial charge >= 0.3 is 0 Å². The zero-order valence-electron chi connectivity index (χ0n) is 12.7. The molecule has 1 saturated heterocycles. The molecule has 4 heterocycles. The number of nitrogen functional groups attached to an aromatic ring is 1. The van der Waals surface area contributed by atoms with Crippen molar-refractivity contribution in [2.75, 3.05) is 18.8 Å². The van der Waals surface area contributed by atoms with Crippen molar-refractivity contribution < 1.29 is 0 Å². The minimum atomic E-state index is 0.0741. The highest BCUT2D eigenvalue weighted by Crippen LogP contribution is 2.34. The van der Waals surface area contributed by atoms with Crippen molar-refractivity contribution in [3.8, 4) is 11.1 Å². The highest BCUT2D eigenvalue weighted by Gasteiger charge is 2.31. The number of aromatic nitrogens is 2. The first-order valence-corrected chi connectivity index (χ1v) is 7.80. The van der Waals surface area contributed by atoms with Gasteiger partial charge in [-0.15, -0.1) is 0 Å². The number of aryl methyl sites for hydroxylation is 1. The molecule has 2 aliphatic rings. The van der Waals surface area contributed by atoms with Gasteiger partial charge in [0.15, 0.2) is 0 Å². The largest absolute Gasteiger partial charge is 0.383 e. The van der Waals surface area contributed by atoms with Gasteiger partial charge in [-0.3, -0.25) is 4.79 Å². The predicted octanol–water partition coefficient (Wildman–Crippen LogP) is 1.51. The Morgan fingerprint density at radius 3 is 3.05 bits per heavy atom. The minimum Gasteiger partial charge on any atom is -0.383 e. The molecular formula is C17H20N4O. The van der Waals surface area contributed by atoms with E-state index in [1.54, 1.807) is 12.3 Å². The van der Waals surface area contributed by atoms with Gasteiger partial charge in [0.05, 0.1) is 0 Å². The average molecular weight is 296 g/mol. The van der Waals surface area contributed by atoms with Crippen LogP contribution >= 0.6 is 0 Å². The van der Waals surface area contributed by atoms with Crippen LogP contribution in [0.4, 0.5) is 5.82 Å². The highest BCUT2D eigenvalue weighted by atomic mass is 16.1. The first-order chi connectivity index (χ1) is 10.6. The van der Waals surface area contributed by atoms with E-state index in [4.69, 9.17) is 5.73 Å². The quantitative estimate of drug-likeness (QED) is 0.836. The first kappa shape index (κ1) is 13.5. The van der Waals surface area contributed by atoms with Crippen LogP contribution in [-0.4, -0.2) is 22.6 Å². The van der Waals surface area contributed by atoms with Gasteiger partial charge < -0.3 is 15.6 Å². The first-order valence-electron chi connectivity index (χ1n) is 7.80. The van der Waals surface area contributed by atoms with E-state index >= 15 is 0 Å². The SMILES string of the molecule is Cc1cnc(N)c(-c2cc3n(c(=O)c2)C[C@@H]2CNC[C@H]3C2)c1. The summed E-state index contributed by atoms with van der Waals surface area (Å²) in [5.74, 6) is 1.46. The van der Waals surface area contributed by atoms with Gasteiger partial charge in [-0.1, -0.05) is 0 Å². The molecule has 3 N–H and O–H groups in total. The molecule has 0 amide bonds. The number of piperidine rings is 1. The smallest absolute Gasteiger partial charge is 0.251 e. The topological polar surface area (TPSA) is 72.9 Å². The molecule has 22 heavy (non-hydrogen) atoms. The van der Waals surface area contributed by atoms with Crippen LogP contribution in [0.1, 0.15) is 23.6 Å². The maximum absolute atomic E-state index is 12.6. The third kappa shape index (κ3) is 2.13. The van der Waals surface area contributed by atoms with Gasteiger partial charge in [-0.25, -0.2) is 4.98 Å². The molecule has 0 aromatic carbocycles. The Labute approximate surface area is 129 Å². The lowest BCUT2D eigenvalue weighted by Crippen LogP contribution is -2.44. The zero-order chi connectivity index (χ0) is 15.3. The van der Waals surface area contributed by atoms with E-state index in [1.807, 2.05) is 17.6 Å². The van der Waals surface area contributed by atoms with Crippen molar-refractivity contribution in [3.63, 3.8) is 0 Å². The Balaban J connectivity index is 1.88. The summed E-state index contributed by atoms with van der Waals surface area (Å²) in [6.07, 6.45) is 2.91. The number of nitrogens with zero attached hydrogens (tertiary/aromatic N) is 2. The highest BCUT2D eigenvalue weighted by molar-refractivity contribution is 5.74. The molecule has 5 nitrogen and oxygen atoms in total. The summed E-state index contributed by atoms with van der Waals surface area (Å²) in [7, 11) is 0. The number of rotatable bonds is 1. The lowest BCUT2D eigenvalue weighted by Gasteiger charge is -2.37. The number of hydrogen-bond donors (Lipinski definition) is 2. The van der Waals surface area contributed by atoms with E-state index in [0.717, 1.165) is 48.4 Å². The zero-order valence-corrected chi connectivity index (χ0v) is 12.7. The summed E-state index contributed by atoms with van der Waals surface area (Å²) in [6.45, 7) is 4.76. The van der Waals surface area contributed by atoms with Crippen LogP contribution < -0.4 is 16.6 Å². The molecule has 114 valence electrons. The standard InChI is InChI=1S/C17H20N4O/c1-10-2-14(17(18)20-6-10)12-4-15-13-3-11(7-19-8-13)9-21(15)16(22)5-12/h2,4-6,11,13,19H,3,7-9H2,1H3,(H2,18,20)/t11-,13+/m0/s1. The second-order valence-corrected chi connectivity index (χ2v) is 6.52. The molecule has 0 spiro atoms. The predicted molar refractivity (Wildman–Crippen MR) is 86.8 cm³/mol. The molecule has 2 aliphatic heterocycles. The summed E-state index contributed by atoms with van der Waals surface area (Å²) in [6, 6.07) is 5.83. The monoisotopic (exact) mass is 296 g/mol. The number of hydrogen-bond acceptors (Lipinski definition) is 4.